The number of aryl methyl sites for hydroxylation is 2. The monoisotopic (exact) mass is 389 g/mol. The first-order chi connectivity index (χ1) is 12.6. The number of nitrogens with one attached hydrogen (secondary N) is 1. The standard InChI is InChI=1S/C21H27NO4S/c1-6-20(17-8-11-19(12-9-17)27(5,24)25)22-21(23)16(4)26-18-10-7-14(2)15(3)13-18/h7-13,16,20H,6H2,1-5H3,(H,22,23)/t16-,20-/m0/s1. The molecule has 0 aliphatic rings. The minimum Gasteiger partial charge on any atom is -0.481 e. The van der Waals surface area contributed by atoms with Crippen LogP contribution in [0.25, 0.3) is 0 Å². The molecule has 0 aliphatic heterocycles. The average Bonchev–Trinajstić information content (AvgIpc) is 2.62. The molecular formula is C21H27NO4S. The Balaban J connectivity index is 2.06. The number of amides is 1. The molecule has 2 rings (SSSR count). The lowest BCUT2D eigenvalue weighted by Gasteiger charge is -2.21. The fourth-order valence-electron chi connectivity index (χ4n) is 2.70. The lowest BCUT2D eigenvalue weighted by atomic mass is 10.0. The molecule has 0 aliphatic carbocycles. The lowest BCUT2D eigenvalue weighted by molar-refractivity contribution is -0.128. The molecule has 0 spiro atoms. The Kier molecular flexibility index (Phi) is 6.65. The van der Waals surface area contributed by atoms with Crippen LogP contribution in [0.3, 0.4) is 0 Å². The van der Waals surface area contributed by atoms with E-state index in [1.165, 1.54) is 11.8 Å². The van der Waals surface area contributed by atoms with Crippen molar-refractivity contribution < 1.29 is 17.9 Å². The zero-order valence-electron chi connectivity index (χ0n) is 16.4. The van der Waals surface area contributed by atoms with Gasteiger partial charge in [0.2, 0.25) is 0 Å². The summed E-state index contributed by atoms with van der Waals surface area (Å²) in [6, 6.07) is 12.1. The summed E-state index contributed by atoms with van der Waals surface area (Å²) in [5.41, 5.74) is 3.14. The van der Waals surface area contributed by atoms with E-state index in [0.29, 0.717) is 12.2 Å². The Bertz CT molecular complexity index is 904. The molecule has 146 valence electrons. The number of sulfone groups is 1. The Morgan fingerprint density at radius 1 is 1.07 bits per heavy atom. The van der Waals surface area contributed by atoms with E-state index in [0.717, 1.165) is 11.1 Å². The second-order valence-corrected chi connectivity index (χ2v) is 8.83. The Hall–Kier alpha value is -2.34. The molecule has 0 aromatic heterocycles. The molecule has 0 radical (unpaired) electrons. The SMILES string of the molecule is CC[C@H](NC(=O)[C@H](C)Oc1ccc(C)c(C)c1)c1ccc(S(C)(=O)=O)cc1. The van der Waals surface area contributed by atoms with E-state index in [9.17, 15) is 13.2 Å². The second kappa shape index (κ2) is 8.57. The highest BCUT2D eigenvalue weighted by molar-refractivity contribution is 7.90. The molecule has 0 saturated carbocycles. The van der Waals surface area contributed by atoms with Gasteiger partial charge in [0.1, 0.15) is 5.75 Å². The van der Waals surface area contributed by atoms with Gasteiger partial charge in [-0.2, -0.15) is 0 Å². The van der Waals surface area contributed by atoms with Crippen LogP contribution in [0.4, 0.5) is 0 Å². The normalized spacial score (nSPS) is 13.7. The van der Waals surface area contributed by atoms with Crippen LogP contribution in [0.2, 0.25) is 0 Å². The maximum absolute atomic E-state index is 12.5. The summed E-state index contributed by atoms with van der Waals surface area (Å²) in [6.45, 7) is 7.70. The zero-order valence-corrected chi connectivity index (χ0v) is 17.3. The third-order valence-electron chi connectivity index (χ3n) is 4.60. The van der Waals surface area contributed by atoms with Crippen molar-refractivity contribution in [2.45, 2.75) is 51.2 Å². The van der Waals surface area contributed by atoms with Gasteiger partial charge in [0.25, 0.3) is 5.91 Å². The van der Waals surface area contributed by atoms with E-state index in [1.807, 2.05) is 39.0 Å². The van der Waals surface area contributed by atoms with Crippen LogP contribution < -0.4 is 10.1 Å². The Morgan fingerprint density at radius 2 is 1.70 bits per heavy atom. The van der Waals surface area contributed by atoms with Crippen LogP contribution in [-0.4, -0.2) is 26.7 Å². The van der Waals surface area contributed by atoms with Crippen molar-refractivity contribution in [1.82, 2.24) is 5.32 Å². The van der Waals surface area contributed by atoms with Crippen LogP contribution in [-0.2, 0) is 14.6 Å². The van der Waals surface area contributed by atoms with E-state index in [-0.39, 0.29) is 16.8 Å². The van der Waals surface area contributed by atoms with Gasteiger partial charge in [0.05, 0.1) is 10.9 Å². The largest absolute Gasteiger partial charge is 0.481 e. The van der Waals surface area contributed by atoms with Crippen molar-refractivity contribution in [3.05, 3.63) is 59.2 Å². The maximum Gasteiger partial charge on any atom is 0.261 e. The van der Waals surface area contributed by atoms with E-state index < -0.39 is 15.9 Å². The molecule has 0 bridgehead atoms. The Morgan fingerprint density at radius 3 is 2.22 bits per heavy atom. The molecular weight excluding hydrogens is 362 g/mol. The van der Waals surface area contributed by atoms with Crippen molar-refractivity contribution in [3.8, 4) is 5.75 Å². The number of hydrogen-bond donors (Lipinski definition) is 1. The van der Waals surface area contributed by atoms with Crippen molar-refractivity contribution in [2.75, 3.05) is 6.26 Å². The van der Waals surface area contributed by atoms with Gasteiger partial charge in [-0.25, -0.2) is 8.42 Å². The van der Waals surface area contributed by atoms with E-state index in [1.54, 1.807) is 31.2 Å². The minimum atomic E-state index is -3.24. The molecule has 0 heterocycles. The number of carbonyl (C=O) groups is 1. The van der Waals surface area contributed by atoms with Crippen LogP contribution in [0.1, 0.15) is 43.0 Å². The van der Waals surface area contributed by atoms with E-state index >= 15 is 0 Å². The van der Waals surface area contributed by atoms with Crippen molar-refractivity contribution >= 4 is 15.7 Å². The average molecular weight is 390 g/mol. The summed E-state index contributed by atoms with van der Waals surface area (Å²) >= 11 is 0. The highest BCUT2D eigenvalue weighted by Crippen LogP contribution is 2.21. The number of benzene rings is 2. The topological polar surface area (TPSA) is 72.5 Å². The zero-order chi connectivity index (χ0) is 20.2. The van der Waals surface area contributed by atoms with Gasteiger partial charge in [-0.1, -0.05) is 25.1 Å². The highest BCUT2D eigenvalue weighted by atomic mass is 32.2. The third-order valence-corrected chi connectivity index (χ3v) is 5.72. The summed E-state index contributed by atoms with van der Waals surface area (Å²) in [5, 5.41) is 2.97. The summed E-state index contributed by atoms with van der Waals surface area (Å²) in [7, 11) is -3.24. The predicted molar refractivity (Wildman–Crippen MR) is 107 cm³/mol. The van der Waals surface area contributed by atoms with Gasteiger partial charge in [-0.05, 0) is 68.1 Å². The smallest absolute Gasteiger partial charge is 0.261 e. The number of ether oxygens (including phenoxy) is 1. The third kappa shape index (κ3) is 5.57. The van der Waals surface area contributed by atoms with Gasteiger partial charge >= 0.3 is 0 Å². The van der Waals surface area contributed by atoms with Gasteiger partial charge in [0, 0.05) is 6.26 Å². The quantitative estimate of drug-likeness (QED) is 0.783. The summed E-state index contributed by atoms with van der Waals surface area (Å²) in [6.07, 6.45) is 1.21. The molecule has 1 amide bonds. The van der Waals surface area contributed by atoms with Gasteiger partial charge in [-0.3, -0.25) is 4.79 Å². The fraction of sp³-hybridized carbons (Fsp3) is 0.381. The first-order valence-electron chi connectivity index (χ1n) is 8.96. The second-order valence-electron chi connectivity index (χ2n) is 6.82. The number of hydrogen-bond acceptors (Lipinski definition) is 4. The minimum absolute atomic E-state index is 0.211. The Labute approximate surface area is 161 Å². The summed E-state index contributed by atoms with van der Waals surface area (Å²) in [4.78, 5) is 12.8. The maximum atomic E-state index is 12.5. The molecule has 2 atom stereocenters. The number of carbonyl (C=O) groups excluding carboxylic acids is 1. The highest BCUT2D eigenvalue weighted by Gasteiger charge is 2.20. The van der Waals surface area contributed by atoms with Gasteiger partial charge in [-0.15, -0.1) is 0 Å². The van der Waals surface area contributed by atoms with Crippen LogP contribution in [0.5, 0.6) is 5.75 Å². The molecule has 0 fully saturated rings. The van der Waals surface area contributed by atoms with Gasteiger partial charge < -0.3 is 10.1 Å². The van der Waals surface area contributed by atoms with Crippen molar-refractivity contribution in [2.24, 2.45) is 0 Å². The first-order valence-corrected chi connectivity index (χ1v) is 10.8. The van der Waals surface area contributed by atoms with Crippen LogP contribution in [0, 0.1) is 13.8 Å². The first kappa shape index (κ1) is 21.0. The van der Waals surface area contributed by atoms with Crippen LogP contribution >= 0.6 is 0 Å². The van der Waals surface area contributed by atoms with Crippen molar-refractivity contribution in [3.63, 3.8) is 0 Å². The predicted octanol–water partition coefficient (Wildman–Crippen LogP) is 3.74. The molecule has 5 nitrogen and oxygen atoms in total. The number of rotatable bonds is 7. The molecule has 0 saturated heterocycles. The van der Waals surface area contributed by atoms with E-state index in [4.69, 9.17) is 4.74 Å². The summed E-state index contributed by atoms with van der Waals surface area (Å²) < 4.78 is 28.9. The molecule has 1 N–H and O–H groups in total. The summed E-state index contributed by atoms with van der Waals surface area (Å²) in [5.74, 6) is 0.443. The molecule has 2 aromatic carbocycles. The fourth-order valence-corrected chi connectivity index (χ4v) is 3.33. The molecule has 6 heteroatoms. The van der Waals surface area contributed by atoms with Gasteiger partial charge in [0.15, 0.2) is 15.9 Å². The van der Waals surface area contributed by atoms with Crippen LogP contribution in [0.15, 0.2) is 47.4 Å². The molecule has 0 unspecified atom stereocenters. The van der Waals surface area contributed by atoms with Crippen molar-refractivity contribution in [1.29, 1.82) is 0 Å². The van der Waals surface area contributed by atoms with E-state index in [2.05, 4.69) is 5.32 Å². The lowest BCUT2D eigenvalue weighted by Crippen LogP contribution is -2.38. The molecule has 2 aromatic rings. The molecule has 27 heavy (non-hydrogen) atoms.